The fraction of sp³-hybridized carbons (Fsp3) is 0.0806. The highest BCUT2D eigenvalue weighted by Gasteiger charge is 2.20. The summed E-state index contributed by atoms with van der Waals surface area (Å²) in [6, 6.07) is 59.9. The number of aryl methyl sites for hydroxylation is 1. The molecule has 328 valence electrons. The molecule has 68 heavy (non-hydrogen) atoms. The van der Waals surface area contributed by atoms with E-state index in [1.165, 1.54) is 43.4 Å². The number of rotatable bonds is 8. The lowest BCUT2D eigenvalue weighted by atomic mass is 9.94. The highest BCUT2D eigenvalue weighted by Crippen LogP contribution is 2.43. The number of pyridine rings is 4. The molecule has 6 aromatic heterocycles. The molecule has 0 unspecified atom stereocenters. The SMILES string of the molecule is C1=CC(n2c3ccc(-c4ccccc4-c4ccccn4)cc3c3cc(-c4ccccc4-c4ccccn4)ccc32)=Cc2c(sc3ccc(-c4cccnc4)cc23)C=1.CC.CCCc1ccccn1. The number of benzene rings is 5. The van der Waals surface area contributed by atoms with Gasteiger partial charge in [0.1, 0.15) is 0 Å². The minimum absolute atomic E-state index is 0.954. The van der Waals surface area contributed by atoms with Gasteiger partial charge in [-0.3, -0.25) is 19.9 Å². The van der Waals surface area contributed by atoms with Crippen molar-refractivity contribution in [3.05, 3.63) is 229 Å². The van der Waals surface area contributed by atoms with Crippen LogP contribution in [0, 0.1) is 0 Å². The van der Waals surface area contributed by atoms with E-state index in [1.54, 1.807) is 11.3 Å². The first-order valence-electron chi connectivity index (χ1n) is 23.3. The predicted octanol–water partition coefficient (Wildman–Crippen LogP) is 16.8. The largest absolute Gasteiger partial charge is 0.309 e. The standard InChI is InChI=1S/C52H32N4S.C8H11N.C2H6/c1-3-15-41(47-17-5-7-27-54-47)39(13-1)35-20-23-49-43(30-35)44-31-36(40-14-2-4-16-42(40)48-18-6-8-28-55-48)21-24-50(44)56(49)38-12-9-19-51-46(32-38)45-29-34(22-25-52(45)57-51)37-11-10-26-53-33-37;1-2-5-8-6-3-4-7-9-8;1-2/h1-8,10-33H;3-4,6-7H,2,5H2,1H3;1-2H3. The zero-order valence-electron chi connectivity index (χ0n) is 38.3. The van der Waals surface area contributed by atoms with Crippen LogP contribution in [-0.2, 0) is 6.42 Å². The summed E-state index contributed by atoms with van der Waals surface area (Å²) in [6.07, 6.45) is 18.2. The molecule has 11 aromatic rings. The molecule has 0 fully saturated rings. The Kier molecular flexibility index (Phi) is 12.9. The summed E-state index contributed by atoms with van der Waals surface area (Å²) in [4.78, 5) is 19.2. The molecule has 5 aromatic carbocycles. The Bertz CT molecular complexity index is 3480. The smallest absolute Gasteiger partial charge is 0.0708 e. The van der Waals surface area contributed by atoms with E-state index >= 15 is 0 Å². The second-order valence-electron chi connectivity index (χ2n) is 16.2. The Labute approximate surface area is 401 Å². The van der Waals surface area contributed by atoms with Gasteiger partial charge in [0.2, 0.25) is 0 Å². The van der Waals surface area contributed by atoms with Gasteiger partial charge in [-0.25, -0.2) is 0 Å². The summed E-state index contributed by atoms with van der Waals surface area (Å²) in [5.41, 5.74) is 20.2. The van der Waals surface area contributed by atoms with E-state index in [4.69, 9.17) is 9.97 Å². The number of hydrogen-bond donors (Lipinski definition) is 0. The summed E-state index contributed by atoms with van der Waals surface area (Å²) < 4.78 is 3.65. The van der Waals surface area contributed by atoms with E-state index in [9.17, 15) is 0 Å². The van der Waals surface area contributed by atoms with Crippen molar-refractivity contribution in [3.63, 3.8) is 0 Å². The van der Waals surface area contributed by atoms with E-state index in [2.05, 4.69) is 173 Å². The van der Waals surface area contributed by atoms with E-state index < -0.39 is 0 Å². The molecule has 1 aliphatic carbocycles. The van der Waals surface area contributed by atoms with Gasteiger partial charge in [0.15, 0.2) is 0 Å². The van der Waals surface area contributed by atoms with Gasteiger partial charge in [-0.05, 0) is 125 Å². The zero-order chi connectivity index (χ0) is 46.2. The van der Waals surface area contributed by atoms with E-state index in [-0.39, 0.29) is 0 Å². The Morgan fingerprint density at radius 2 is 1.07 bits per heavy atom. The first-order valence-corrected chi connectivity index (χ1v) is 24.1. The molecular weight excluding hydrogens is 847 g/mol. The van der Waals surface area contributed by atoms with Crippen LogP contribution in [0.5, 0.6) is 0 Å². The Balaban J connectivity index is 0.000000438. The van der Waals surface area contributed by atoms with Crippen molar-refractivity contribution < 1.29 is 0 Å². The van der Waals surface area contributed by atoms with Crippen molar-refractivity contribution >= 4 is 61.1 Å². The van der Waals surface area contributed by atoms with Gasteiger partial charge in [-0.1, -0.05) is 118 Å². The minimum atomic E-state index is 0.954. The maximum atomic E-state index is 4.73. The molecule has 1 aliphatic rings. The molecule has 6 heterocycles. The van der Waals surface area contributed by atoms with Crippen molar-refractivity contribution in [1.29, 1.82) is 0 Å². The van der Waals surface area contributed by atoms with Crippen LogP contribution >= 0.6 is 11.3 Å². The average Bonchev–Trinajstić information content (AvgIpc) is 3.84. The van der Waals surface area contributed by atoms with Crippen LogP contribution in [0.2, 0.25) is 0 Å². The molecule has 5 nitrogen and oxygen atoms in total. The molecule has 0 saturated carbocycles. The normalized spacial score (nSPS) is 11.6. The third-order valence-electron chi connectivity index (χ3n) is 12.1. The van der Waals surface area contributed by atoms with E-state index in [0.29, 0.717) is 0 Å². The van der Waals surface area contributed by atoms with Crippen LogP contribution in [0.3, 0.4) is 0 Å². The molecule has 0 bridgehead atoms. The monoisotopic (exact) mass is 895 g/mol. The number of nitrogens with zero attached hydrogens (tertiary/aromatic N) is 5. The summed E-state index contributed by atoms with van der Waals surface area (Å²) in [5, 5.41) is 3.57. The lowest BCUT2D eigenvalue weighted by Crippen LogP contribution is -1.95. The molecule has 0 saturated heterocycles. The molecule has 0 N–H and O–H groups in total. The number of aromatic nitrogens is 5. The van der Waals surface area contributed by atoms with Gasteiger partial charge < -0.3 is 4.57 Å². The lowest BCUT2D eigenvalue weighted by molar-refractivity contribution is 0.883. The van der Waals surface area contributed by atoms with Crippen LogP contribution in [-0.4, -0.2) is 24.5 Å². The van der Waals surface area contributed by atoms with Crippen molar-refractivity contribution in [1.82, 2.24) is 24.5 Å². The van der Waals surface area contributed by atoms with Gasteiger partial charge in [0.25, 0.3) is 0 Å². The van der Waals surface area contributed by atoms with Gasteiger partial charge in [-0.2, -0.15) is 0 Å². The van der Waals surface area contributed by atoms with E-state index in [1.807, 2.05) is 87.3 Å². The highest BCUT2D eigenvalue weighted by atomic mass is 32.1. The highest BCUT2D eigenvalue weighted by molar-refractivity contribution is 7.20. The summed E-state index contributed by atoms with van der Waals surface area (Å²) in [7, 11) is 0. The average molecular weight is 896 g/mol. The second-order valence-corrected chi connectivity index (χ2v) is 17.3. The molecule has 0 aliphatic heterocycles. The molecule has 0 amide bonds. The molecule has 0 atom stereocenters. The third kappa shape index (κ3) is 8.75. The molecule has 12 rings (SSSR count). The maximum Gasteiger partial charge on any atom is 0.0708 e. The summed E-state index contributed by atoms with van der Waals surface area (Å²) in [5.74, 6) is 0. The Morgan fingerprint density at radius 3 is 1.63 bits per heavy atom. The quantitative estimate of drug-likeness (QED) is 0.143. The van der Waals surface area contributed by atoms with Crippen LogP contribution in [0.15, 0.2) is 213 Å². The van der Waals surface area contributed by atoms with Crippen molar-refractivity contribution in [3.8, 4) is 55.9 Å². The maximum absolute atomic E-state index is 4.73. The van der Waals surface area contributed by atoms with Crippen molar-refractivity contribution in [2.24, 2.45) is 0 Å². The predicted molar refractivity (Wildman–Crippen MR) is 288 cm³/mol. The first kappa shape index (κ1) is 43.6. The molecular formula is C62H49N5S. The van der Waals surface area contributed by atoms with Crippen molar-refractivity contribution in [2.45, 2.75) is 33.6 Å². The third-order valence-corrected chi connectivity index (χ3v) is 13.2. The van der Waals surface area contributed by atoms with Crippen LogP contribution in [0.1, 0.15) is 43.3 Å². The Morgan fingerprint density at radius 1 is 0.500 bits per heavy atom. The first-order chi connectivity index (χ1) is 33.7. The van der Waals surface area contributed by atoms with Crippen molar-refractivity contribution in [2.75, 3.05) is 0 Å². The zero-order valence-corrected chi connectivity index (χ0v) is 39.2. The summed E-state index contributed by atoms with van der Waals surface area (Å²) in [6.45, 7) is 6.16. The fourth-order valence-electron chi connectivity index (χ4n) is 9.03. The fourth-order valence-corrected chi connectivity index (χ4v) is 10.1. The van der Waals surface area contributed by atoms with E-state index in [0.717, 1.165) is 79.0 Å². The number of fused-ring (bicyclic) bond motifs is 6. The van der Waals surface area contributed by atoms with Crippen LogP contribution in [0.4, 0.5) is 0 Å². The van der Waals surface area contributed by atoms with Crippen LogP contribution in [0.25, 0.3) is 106 Å². The van der Waals surface area contributed by atoms with Gasteiger partial charge >= 0.3 is 0 Å². The number of hydrogen-bond acceptors (Lipinski definition) is 5. The van der Waals surface area contributed by atoms with Gasteiger partial charge in [0, 0.05) is 90.7 Å². The second kappa shape index (κ2) is 20.1. The number of thiophene rings is 1. The lowest BCUT2D eigenvalue weighted by Gasteiger charge is -2.12. The topological polar surface area (TPSA) is 56.5 Å². The molecule has 0 radical (unpaired) electrons. The van der Waals surface area contributed by atoms with Gasteiger partial charge in [0.05, 0.1) is 28.1 Å². The minimum Gasteiger partial charge on any atom is -0.309 e. The summed E-state index contributed by atoms with van der Waals surface area (Å²) >= 11 is 1.80. The number of allylic oxidation sites excluding steroid dienone is 2. The van der Waals surface area contributed by atoms with Gasteiger partial charge in [-0.15, -0.1) is 17.1 Å². The van der Waals surface area contributed by atoms with Crippen LogP contribution < -0.4 is 0 Å². The Hall–Kier alpha value is -8.28. The molecule has 0 spiro atoms. The molecule has 6 heteroatoms.